The summed E-state index contributed by atoms with van der Waals surface area (Å²) in [7, 11) is 1.66. The highest BCUT2D eigenvalue weighted by Crippen LogP contribution is 2.26. The van der Waals surface area contributed by atoms with E-state index in [2.05, 4.69) is 20.2 Å². The van der Waals surface area contributed by atoms with E-state index in [0.717, 1.165) is 56.7 Å². The number of hydrogen-bond donors (Lipinski definition) is 4. The van der Waals surface area contributed by atoms with Crippen LogP contribution >= 0.6 is 0 Å². The first-order chi connectivity index (χ1) is 22.7. The first-order valence-electron chi connectivity index (χ1n) is 17.1. The summed E-state index contributed by atoms with van der Waals surface area (Å²) in [6.45, 7) is 8.70. The summed E-state index contributed by atoms with van der Waals surface area (Å²) < 4.78 is 25.7. The van der Waals surface area contributed by atoms with Gasteiger partial charge in [-0.15, -0.1) is 0 Å². The Balaban J connectivity index is 1.06. The van der Waals surface area contributed by atoms with E-state index in [9.17, 15) is 19.4 Å². The second-order valence-electron chi connectivity index (χ2n) is 13.4. The van der Waals surface area contributed by atoms with E-state index in [-0.39, 0.29) is 24.9 Å². The highest BCUT2D eigenvalue weighted by atomic mass is 19.1. The molecule has 2 aliphatic rings. The van der Waals surface area contributed by atoms with Gasteiger partial charge in [0.1, 0.15) is 11.6 Å². The molecule has 0 aliphatic carbocycles. The van der Waals surface area contributed by atoms with Crippen molar-refractivity contribution < 1.29 is 34.0 Å². The van der Waals surface area contributed by atoms with Crippen LogP contribution in [0.5, 0.6) is 5.75 Å². The van der Waals surface area contributed by atoms with Crippen LogP contribution in [0.25, 0.3) is 0 Å². The van der Waals surface area contributed by atoms with Gasteiger partial charge in [0.05, 0.1) is 38.4 Å². The zero-order valence-electron chi connectivity index (χ0n) is 28.2. The lowest BCUT2D eigenvalue weighted by atomic mass is 9.89. The summed E-state index contributed by atoms with van der Waals surface area (Å²) in [4.78, 5) is 25.7. The molecule has 4 N–H and O–H groups in total. The molecule has 1 aromatic carbocycles. The number of amides is 1. The van der Waals surface area contributed by atoms with Crippen LogP contribution in [0.3, 0.4) is 0 Å². The van der Waals surface area contributed by atoms with Crippen molar-refractivity contribution in [1.29, 1.82) is 0 Å². The normalized spacial score (nSPS) is 18.4. The van der Waals surface area contributed by atoms with E-state index in [0.29, 0.717) is 62.5 Å². The predicted octanol–water partition coefficient (Wildman–Crippen LogP) is 2.80. The molecule has 1 amide bonds. The maximum atomic E-state index is 14.8. The molecule has 0 bridgehead atoms. The third-order valence-corrected chi connectivity index (χ3v) is 9.67. The quantitative estimate of drug-likeness (QED) is 0.167. The molecule has 2 unspecified atom stereocenters. The van der Waals surface area contributed by atoms with E-state index in [1.54, 1.807) is 31.1 Å². The highest BCUT2D eigenvalue weighted by Gasteiger charge is 2.31. The number of hydrogen-bond acceptors (Lipinski definition) is 10. The number of benzene rings is 1. The Labute approximate surface area is 278 Å². The van der Waals surface area contributed by atoms with Crippen molar-refractivity contribution in [3.8, 4) is 5.75 Å². The highest BCUT2D eigenvalue weighted by molar-refractivity contribution is 5.79. The van der Waals surface area contributed by atoms with Crippen LogP contribution < -0.4 is 15.0 Å². The van der Waals surface area contributed by atoms with E-state index in [1.807, 2.05) is 19.3 Å². The Kier molecular flexibility index (Phi) is 14.6. The molecular weight excluding hydrogens is 605 g/mol. The van der Waals surface area contributed by atoms with Gasteiger partial charge in [-0.3, -0.25) is 4.79 Å². The summed E-state index contributed by atoms with van der Waals surface area (Å²) in [5.74, 6) is 1.21. The van der Waals surface area contributed by atoms with Crippen molar-refractivity contribution in [2.24, 2.45) is 23.7 Å². The van der Waals surface area contributed by atoms with Crippen molar-refractivity contribution in [3.05, 3.63) is 47.5 Å². The molecule has 0 saturated carbocycles. The first kappa shape index (κ1) is 36.9. The minimum absolute atomic E-state index is 0.0185. The van der Waals surface area contributed by atoms with Gasteiger partial charge < -0.3 is 39.9 Å². The third-order valence-electron chi connectivity index (χ3n) is 9.67. The number of rotatable bonds is 19. The number of unbranched alkanes of at least 4 members (excludes halogenated alkanes) is 1. The summed E-state index contributed by atoms with van der Waals surface area (Å²) in [6, 6.07) is 4.76. The molecule has 12 heteroatoms. The third kappa shape index (κ3) is 11.1. The number of halogens is 1. The van der Waals surface area contributed by atoms with Crippen molar-refractivity contribution in [3.63, 3.8) is 0 Å². The van der Waals surface area contributed by atoms with Crippen molar-refractivity contribution in [2.45, 2.75) is 71.2 Å². The van der Waals surface area contributed by atoms with Crippen LogP contribution in [0, 0.1) is 29.5 Å². The number of aliphatic hydroxyl groups is 3. The maximum absolute atomic E-state index is 14.8. The number of nitrogens with one attached hydrogen (secondary N) is 1. The monoisotopic (exact) mass is 659 g/mol. The molecule has 2 fully saturated rings. The van der Waals surface area contributed by atoms with Crippen LogP contribution in [-0.2, 0) is 22.6 Å². The van der Waals surface area contributed by atoms with E-state index >= 15 is 0 Å². The number of aromatic nitrogens is 2. The van der Waals surface area contributed by atoms with Gasteiger partial charge in [-0.1, -0.05) is 26.3 Å². The molecule has 0 spiro atoms. The van der Waals surface area contributed by atoms with Crippen molar-refractivity contribution in [1.82, 2.24) is 20.2 Å². The van der Waals surface area contributed by atoms with Gasteiger partial charge in [0.2, 0.25) is 11.9 Å². The molecule has 2 aromatic rings. The van der Waals surface area contributed by atoms with Crippen LogP contribution in [0.2, 0.25) is 0 Å². The Hall–Kier alpha value is -2.90. The van der Waals surface area contributed by atoms with Gasteiger partial charge in [0, 0.05) is 82.2 Å². The number of methoxy groups -OCH3 is 1. The topological polar surface area (TPSA) is 141 Å². The SMILES string of the molecule is COCc1cnc(N2CCC(CCCCOc3ccc(CC(=O)N4CC(CNCC(C)[C@@H](O)C(C)[C@H](O)CO)C4)c(F)c3)CC2)nc1. The van der Waals surface area contributed by atoms with Gasteiger partial charge >= 0.3 is 0 Å². The molecule has 47 heavy (non-hydrogen) atoms. The van der Waals surface area contributed by atoms with Crippen LogP contribution in [0.4, 0.5) is 10.3 Å². The largest absolute Gasteiger partial charge is 0.493 e. The molecule has 11 nitrogen and oxygen atoms in total. The Morgan fingerprint density at radius 1 is 1.11 bits per heavy atom. The maximum Gasteiger partial charge on any atom is 0.227 e. The second-order valence-corrected chi connectivity index (χ2v) is 13.4. The second kappa shape index (κ2) is 18.6. The summed E-state index contributed by atoms with van der Waals surface area (Å²) >= 11 is 0. The number of likely N-dealkylation sites (tertiary alicyclic amines) is 1. The standard InChI is InChI=1S/C35H54FN5O6/c1-24(34(45)25(2)32(43)22-42)16-37-17-28-20-41(21-28)33(44)14-29-7-8-30(15-31(29)36)47-13-5-4-6-26-9-11-40(12-10-26)35-38-18-27(19-39-35)23-46-3/h7-8,15,18-19,24-26,28,32,34,37,42-43,45H,4-6,9-14,16-17,20-23H2,1-3H3/t24?,25?,32-,34-/m1/s1. The molecule has 2 aliphatic heterocycles. The Morgan fingerprint density at radius 3 is 2.49 bits per heavy atom. The average molecular weight is 660 g/mol. The number of carbonyl (C=O) groups is 1. The molecule has 0 radical (unpaired) electrons. The molecule has 262 valence electrons. The van der Waals surface area contributed by atoms with Gasteiger partial charge in [-0.05, 0) is 49.1 Å². The number of anilines is 1. The van der Waals surface area contributed by atoms with Crippen LogP contribution in [0.15, 0.2) is 30.6 Å². The fourth-order valence-corrected chi connectivity index (χ4v) is 6.39. The number of ether oxygens (including phenoxy) is 2. The summed E-state index contributed by atoms with van der Waals surface area (Å²) in [5, 5.41) is 32.6. The number of nitrogens with zero attached hydrogens (tertiary/aromatic N) is 4. The van der Waals surface area contributed by atoms with Gasteiger partial charge in [-0.25, -0.2) is 14.4 Å². The molecular formula is C35H54FN5O6. The lowest BCUT2D eigenvalue weighted by Crippen LogP contribution is -2.54. The molecule has 2 saturated heterocycles. The Bertz CT molecular complexity index is 1230. The molecule has 1 aromatic heterocycles. The molecule has 3 heterocycles. The predicted molar refractivity (Wildman–Crippen MR) is 177 cm³/mol. The van der Waals surface area contributed by atoms with Crippen LogP contribution in [0.1, 0.15) is 57.1 Å². The van der Waals surface area contributed by atoms with Gasteiger partial charge in [-0.2, -0.15) is 0 Å². The van der Waals surface area contributed by atoms with E-state index in [1.165, 1.54) is 6.07 Å². The average Bonchev–Trinajstić information content (AvgIpc) is 3.06. The number of aliphatic hydroxyl groups excluding tert-OH is 3. The lowest BCUT2D eigenvalue weighted by molar-refractivity contribution is -0.136. The van der Waals surface area contributed by atoms with E-state index in [4.69, 9.17) is 14.6 Å². The number of piperidine rings is 1. The fourth-order valence-electron chi connectivity index (χ4n) is 6.39. The lowest BCUT2D eigenvalue weighted by Gasteiger charge is -2.40. The number of carbonyl (C=O) groups excluding carboxylic acids is 1. The smallest absolute Gasteiger partial charge is 0.227 e. The summed E-state index contributed by atoms with van der Waals surface area (Å²) in [5.41, 5.74) is 1.34. The van der Waals surface area contributed by atoms with Gasteiger partial charge in [0.15, 0.2) is 0 Å². The Morgan fingerprint density at radius 2 is 1.83 bits per heavy atom. The molecule has 4 atom stereocenters. The zero-order chi connectivity index (χ0) is 33.8. The summed E-state index contributed by atoms with van der Waals surface area (Å²) in [6.07, 6.45) is 7.34. The van der Waals surface area contributed by atoms with Crippen LogP contribution in [-0.4, -0.2) is 108 Å². The van der Waals surface area contributed by atoms with Gasteiger partial charge in [0.25, 0.3) is 0 Å². The van der Waals surface area contributed by atoms with Crippen molar-refractivity contribution in [2.75, 3.05) is 64.5 Å². The first-order valence-corrected chi connectivity index (χ1v) is 17.1. The fraction of sp³-hybridized carbons (Fsp3) is 0.686. The van der Waals surface area contributed by atoms with Crippen molar-refractivity contribution >= 4 is 11.9 Å². The molecule has 4 rings (SSSR count). The minimum Gasteiger partial charge on any atom is -0.493 e. The minimum atomic E-state index is -0.948. The van der Waals surface area contributed by atoms with E-state index < -0.39 is 23.9 Å². The zero-order valence-corrected chi connectivity index (χ0v) is 28.2.